The van der Waals surface area contributed by atoms with Gasteiger partial charge in [-0.25, -0.2) is 9.59 Å². The Bertz CT molecular complexity index is 1200. The number of benzene rings is 3. The second kappa shape index (κ2) is 16.4. The number of ether oxygens (including phenoxy) is 4. The van der Waals surface area contributed by atoms with E-state index in [4.69, 9.17) is 18.9 Å². The van der Waals surface area contributed by atoms with Crippen molar-refractivity contribution in [2.75, 3.05) is 39.2 Å². The number of amides is 1. The fraction of sp³-hybridized carbons (Fsp3) is 0.355. The van der Waals surface area contributed by atoms with Gasteiger partial charge in [0.25, 0.3) is 0 Å². The Morgan fingerprint density at radius 3 is 2.40 bits per heavy atom. The number of carbonyl (C=O) groups excluding carboxylic acids is 1. The summed E-state index contributed by atoms with van der Waals surface area (Å²) < 4.78 is 22.3. The zero-order valence-electron chi connectivity index (χ0n) is 23.2. The van der Waals surface area contributed by atoms with Crippen LogP contribution < -0.4 is 14.2 Å². The summed E-state index contributed by atoms with van der Waals surface area (Å²) in [6, 6.07) is 22.8. The van der Waals surface area contributed by atoms with Crippen molar-refractivity contribution in [1.29, 1.82) is 0 Å². The third-order valence-corrected chi connectivity index (χ3v) is 7.07. The molecule has 0 heterocycles. The minimum atomic E-state index is -0.986. The molecule has 9 heteroatoms. The van der Waals surface area contributed by atoms with Crippen LogP contribution in [0.3, 0.4) is 0 Å². The Kier molecular flexibility index (Phi) is 12.7. The molecule has 1 unspecified atom stereocenters. The van der Waals surface area contributed by atoms with Gasteiger partial charge < -0.3 is 29.0 Å². The van der Waals surface area contributed by atoms with Crippen LogP contribution in [0.2, 0.25) is 0 Å². The first kappa shape index (κ1) is 30.8. The number of nitrogens with zero attached hydrogens (tertiary/aromatic N) is 1. The second-order valence-corrected chi connectivity index (χ2v) is 10.2. The predicted octanol–water partition coefficient (Wildman–Crippen LogP) is 6.10. The fourth-order valence-electron chi connectivity index (χ4n) is 3.91. The zero-order valence-corrected chi connectivity index (χ0v) is 24.0. The van der Waals surface area contributed by atoms with E-state index in [-0.39, 0.29) is 13.0 Å². The van der Waals surface area contributed by atoms with E-state index >= 15 is 0 Å². The van der Waals surface area contributed by atoms with Crippen LogP contribution in [0, 0.1) is 6.92 Å². The van der Waals surface area contributed by atoms with Crippen LogP contribution in [-0.4, -0.2) is 67.3 Å². The summed E-state index contributed by atoms with van der Waals surface area (Å²) in [6.07, 6.45) is -0.308. The third-order valence-electron chi connectivity index (χ3n) is 5.98. The highest BCUT2D eigenvalue weighted by atomic mass is 32.2. The predicted molar refractivity (Wildman–Crippen MR) is 156 cm³/mol. The number of carboxylic acids is 1. The molecule has 40 heavy (non-hydrogen) atoms. The molecule has 8 nitrogen and oxygen atoms in total. The summed E-state index contributed by atoms with van der Waals surface area (Å²) in [7, 11) is 1.54. The Balaban J connectivity index is 1.58. The number of hydrogen-bond donors (Lipinski definition) is 1. The molecule has 1 amide bonds. The Morgan fingerprint density at radius 2 is 1.73 bits per heavy atom. The summed E-state index contributed by atoms with van der Waals surface area (Å²) in [5.74, 6) is 1.35. The zero-order chi connectivity index (χ0) is 28.7. The number of carbonyl (C=O) groups is 2. The van der Waals surface area contributed by atoms with Crippen LogP contribution in [0.25, 0.3) is 0 Å². The number of carboxylic acid groups (broad SMARTS) is 1. The highest BCUT2D eigenvalue weighted by Gasteiger charge is 2.19. The smallest absolute Gasteiger partial charge is 0.415 e. The lowest BCUT2D eigenvalue weighted by Crippen LogP contribution is -2.37. The molecule has 0 radical (unpaired) electrons. The maximum atomic E-state index is 13.2. The number of aryl methyl sites for hydroxylation is 1. The Hall–Kier alpha value is -3.69. The molecule has 1 N–H and O–H groups in total. The molecule has 1 atom stereocenters. The van der Waals surface area contributed by atoms with Crippen molar-refractivity contribution < 1.29 is 33.6 Å². The molecule has 0 aliphatic rings. The van der Waals surface area contributed by atoms with Crippen LogP contribution in [0.4, 0.5) is 4.79 Å². The monoisotopic (exact) mass is 567 g/mol. The van der Waals surface area contributed by atoms with E-state index < -0.39 is 18.2 Å². The maximum absolute atomic E-state index is 13.2. The topological polar surface area (TPSA) is 94.5 Å². The molecule has 0 bridgehead atoms. The number of thioether (sulfide) groups is 1. The van der Waals surface area contributed by atoms with Crippen molar-refractivity contribution in [3.05, 3.63) is 83.9 Å². The average molecular weight is 568 g/mol. The van der Waals surface area contributed by atoms with E-state index in [0.717, 1.165) is 23.3 Å². The number of methoxy groups -OCH3 is 1. The summed E-state index contributed by atoms with van der Waals surface area (Å²) in [6.45, 7) is 5.12. The quantitative estimate of drug-likeness (QED) is 0.164. The van der Waals surface area contributed by atoms with Crippen molar-refractivity contribution in [2.24, 2.45) is 0 Å². The van der Waals surface area contributed by atoms with Gasteiger partial charge in [-0.1, -0.05) is 36.4 Å². The van der Waals surface area contributed by atoms with E-state index in [1.165, 1.54) is 4.90 Å². The molecule has 3 aromatic carbocycles. The number of aliphatic carboxylic acids is 1. The lowest BCUT2D eigenvalue weighted by atomic mass is 10.1. The van der Waals surface area contributed by atoms with E-state index in [1.807, 2.05) is 43.3 Å². The lowest BCUT2D eigenvalue weighted by molar-refractivity contribution is -0.149. The van der Waals surface area contributed by atoms with Crippen molar-refractivity contribution >= 4 is 23.8 Å². The summed E-state index contributed by atoms with van der Waals surface area (Å²) in [5, 5.41) is 9.30. The van der Waals surface area contributed by atoms with Crippen molar-refractivity contribution in [2.45, 2.75) is 37.7 Å². The normalized spacial score (nSPS) is 11.5. The highest BCUT2D eigenvalue weighted by molar-refractivity contribution is 7.99. The summed E-state index contributed by atoms with van der Waals surface area (Å²) >= 11 is 1.74. The molecular formula is C31H37NO7S. The van der Waals surface area contributed by atoms with Crippen molar-refractivity contribution in [3.8, 4) is 17.2 Å². The minimum Gasteiger partial charge on any atom is -0.493 e. The number of rotatable bonds is 16. The molecule has 0 aliphatic heterocycles. The van der Waals surface area contributed by atoms with Gasteiger partial charge in [0.2, 0.25) is 0 Å². The van der Waals surface area contributed by atoms with E-state index in [2.05, 4.69) is 12.1 Å². The van der Waals surface area contributed by atoms with E-state index in [9.17, 15) is 14.7 Å². The average Bonchev–Trinajstić information content (AvgIpc) is 2.95. The van der Waals surface area contributed by atoms with Crippen LogP contribution in [0.15, 0.2) is 77.7 Å². The summed E-state index contributed by atoms with van der Waals surface area (Å²) in [5.41, 5.74) is 1.79. The maximum Gasteiger partial charge on any atom is 0.415 e. The first-order chi connectivity index (χ1) is 19.4. The van der Waals surface area contributed by atoms with Crippen LogP contribution in [0.1, 0.15) is 24.5 Å². The van der Waals surface area contributed by atoms with Gasteiger partial charge in [0.1, 0.15) is 12.4 Å². The lowest BCUT2D eigenvalue weighted by Gasteiger charge is -2.23. The largest absolute Gasteiger partial charge is 0.493 e. The van der Waals surface area contributed by atoms with E-state index in [0.29, 0.717) is 36.9 Å². The molecule has 0 fully saturated rings. The molecular weight excluding hydrogens is 530 g/mol. The first-order valence-corrected chi connectivity index (χ1v) is 14.2. The molecule has 0 saturated heterocycles. The van der Waals surface area contributed by atoms with Crippen molar-refractivity contribution in [3.63, 3.8) is 0 Å². The fourth-order valence-corrected chi connectivity index (χ4v) is 4.77. The van der Waals surface area contributed by atoms with Gasteiger partial charge in [0.15, 0.2) is 17.6 Å². The molecule has 0 aliphatic carbocycles. The molecule has 3 aromatic rings. The van der Waals surface area contributed by atoms with Gasteiger partial charge in [-0.05, 0) is 73.5 Å². The van der Waals surface area contributed by atoms with Gasteiger partial charge in [-0.15, -0.1) is 11.8 Å². The second-order valence-electron chi connectivity index (χ2n) is 9.00. The van der Waals surface area contributed by atoms with E-state index in [1.54, 1.807) is 55.0 Å². The Labute approximate surface area is 240 Å². The highest BCUT2D eigenvalue weighted by Crippen LogP contribution is 2.28. The van der Waals surface area contributed by atoms with Gasteiger partial charge in [-0.3, -0.25) is 0 Å². The standard InChI is InChI=1S/C31H37NO7S/c1-4-37-29(30(33)34)22-24-12-14-25(15-13-24)38-19-18-32(17-8-20-40-26-9-6-5-7-10-26)31(35)39-28-21-23(2)11-16-27(28)36-3/h5-7,9-16,21,29H,4,8,17-20,22H2,1-3H3,(H,33,34). The van der Waals surface area contributed by atoms with Gasteiger partial charge in [0, 0.05) is 24.5 Å². The molecule has 0 saturated carbocycles. The van der Waals surface area contributed by atoms with Crippen LogP contribution >= 0.6 is 11.8 Å². The SMILES string of the molecule is CCOC(Cc1ccc(OCCN(CCCSc2ccccc2)C(=O)Oc2cc(C)ccc2OC)cc1)C(=O)O. The van der Waals surface area contributed by atoms with Gasteiger partial charge >= 0.3 is 12.1 Å². The molecule has 3 rings (SSSR count). The first-order valence-electron chi connectivity index (χ1n) is 13.2. The van der Waals surface area contributed by atoms with Crippen molar-refractivity contribution in [1.82, 2.24) is 4.90 Å². The van der Waals surface area contributed by atoms with Crippen LogP contribution in [-0.2, 0) is 16.0 Å². The number of hydrogen-bond acceptors (Lipinski definition) is 7. The molecule has 214 valence electrons. The van der Waals surface area contributed by atoms with Gasteiger partial charge in [0.05, 0.1) is 13.7 Å². The molecule has 0 spiro atoms. The van der Waals surface area contributed by atoms with Crippen LogP contribution in [0.5, 0.6) is 17.2 Å². The minimum absolute atomic E-state index is 0.266. The molecule has 0 aromatic heterocycles. The van der Waals surface area contributed by atoms with Gasteiger partial charge in [-0.2, -0.15) is 0 Å². The summed E-state index contributed by atoms with van der Waals surface area (Å²) in [4.78, 5) is 27.4. The third kappa shape index (κ3) is 10.1. The Morgan fingerprint density at radius 1 is 0.975 bits per heavy atom.